The molecule has 0 unspecified atom stereocenters. The number of methoxy groups -OCH3 is 1. The molecule has 0 amide bonds. The van der Waals surface area contributed by atoms with E-state index in [2.05, 4.69) is 53.4 Å². The number of ether oxygens (including phenoxy) is 2. The molecular weight excluding hydrogens is 474 g/mol. The highest BCUT2D eigenvalue weighted by molar-refractivity contribution is 6.01. The minimum atomic E-state index is -0.423. The lowest BCUT2D eigenvalue weighted by atomic mass is 9.53. The van der Waals surface area contributed by atoms with Crippen LogP contribution in [-0.4, -0.2) is 25.6 Å². The summed E-state index contributed by atoms with van der Waals surface area (Å²) in [5.41, 5.74) is 8.06. The van der Waals surface area contributed by atoms with Crippen molar-refractivity contribution in [2.75, 3.05) is 18.6 Å². The number of esters is 2. The first-order chi connectivity index (χ1) is 18.6. The van der Waals surface area contributed by atoms with E-state index in [0.717, 1.165) is 23.2 Å². The van der Waals surface area contributed by atoms with Gasteiger partial charge >= 0.3 is 11.9 Å². The summed E-state index contributed by atoms with van der Waals surface area (Å²) in [6.45, 7) is 0.0897. The van der Waals surface area contributed by atoms with Crippen LogP contribution in [0.4, 0.5) is 11.4 Å². The Hall–Kier alpha value is -3.86. The molecule has 3 aromatic carbocycles. The topological polar surface area (TPSA) is 55.8 Å². The lowest BCUT2D eigenvalue weighted by Crippen LogP contribution is -2.41. The summed E-state index contributed by atoms with van der Waals surface area (Å²) >= 11 is 0. The standard InChI is InChI=1S/C33H31NO4/c1-37-33(36)22-10-12-25(13-11-22)38-30(35)19-34-28-8-4-2-6-26(28)32(27-7-3-5-9-29(27)34)31-23-15-20-14-21(17-23)18-24(31)16-20/h2-13,20-21,23-24H,14-19H2,1H3. The van der Waals surface area contributed by atoms with E-state index < -0.39 is 5.97 Å². The van der Waals surface area contributed by atoms with Gasteiger partial charge in [0.1, 0.15) is 12.3 Å². The number of carbonyl (C=O) groups is 2. The van der Waals surface area contributed by atoms with Crippen LogP contribution in [0.5, 0.6) is 5.75 Å². The highest BCUT2D eigenvalue weighted by Crippen LogP contribution is 2.60. The molecule has 1 aliphatic heterocycles. The van der Waals surface area contributed by atoms with E-state index in [4.69, 9.17) is 9.47 Å². The molecule has 0 N–H and O–H groups in total. The molecule has 4 aliphatic carbocycles. The quantitative estimate of drug-likeness (QED) is 0.289. The molecule has 1 heterocycles. The van der Waals surface area contributed by atoms with Gasteiger partial charge < -0.3 is 14.4 Å². The Labute approximate surface area is 223 Å². The number of fused-ring (bicyclic) bond motifs is 2. The predicted octanol–water partition coefficient (Wildman–Crippen LogP) is 6.79. The van der Waals surface area contributed by atoms with Crippen molar-refractivity contribution in [1.82, 2.24) is 0 Å². The van der Waals surface area contributed by atoms with Gasteiger partial charge in [-0.05, 0) is 97.7 Å². The predicted molar refractivity (Wildman–Crippen MR) is 146 cm³/mol. The van der Waals surface area contributed by atoms with Crippen molar-refractivity contribution in [2.24, 2.45) is 23.7 Å². The largest absolute Gasteiger partial charge is 0.465 e. The van der Waals surface area contributed by atoms with Gasteiger partial charge in [-0.25, -0.2) is 9.59 Å². The number of nitrogens with zero attached hydrogens (tertiary/aromatic N) is 1. The molecule has 0 radical (unpaired) electrons. The number of allylic oxidation sites excluding steroid dienone is 1. The zero-order valence-electron chi connectivity index (χ0n) is 21.6. The van der Waals surface area contributed by atoms with Gasteiger partial charge in [0.15, 0.2) is 0 Å². The van der Waals surface area contributed by atoms with E-state index in [1.807, 2.05) is 0 Å². The summed E-state index contributed by atoms with van der Waals surface area (Å²) in [7, 11) is 1.34. The monoisotopic (exact) mass is 505 g/mol. The molecule has 0 spiro atoms. The van der Waals surface area contributed by atoms with Gasteiger partial charge in [-0.15, -0.1) is 0 Å². The van der Waals surface area contributed by atoms with Gasteiger partial charge in [-0.1, -0.05) is 42.0 Å². The first-order valence-electron chi connectivity index (χ1n) is 13.7. The van der Waals surface area contributed by atoms with Gasteiger partial charge in [-0.3, -0.25) is 0 Å². The lowest BCUT2D eigenvalue weighted by molar-refractivity contribution is -0.132. The average molecular weight is 506 g/mol. The molecule has 4 bridgehead atoms. The fraction of sp³-hybridized carbons (Fsp3) is 0.333. The third kappa shape index (κ3) is 3.84. The molecular formula is C33H31NO4. The Morgan fingerprint density at radius 1 is 0.763 bits per heavy atom. The summed E-state index contributed by atoms with van der Waals surface area (Å²) < 4.78 is 10.4. The molecule has 4 saturated carbocycles. The summed E-state index contributed by atoms with van der Waals surface area (Å²) in [5.74, 6) is 2.81. The summed E-state index contributed by atoms with van der Waals surface area (Å²) in [6.07, 6.45) is 6.77. The van der Waals surface area contributed by atoms with Crippen LogP contribution in [0.25, 0.3) is 5.57 Å². The second-order valence-electron chi connectivity index (χ2n) is 11.2. The normalized spacial score (nSPS) is 24.6. The second-order valence-corrected chi connectivity index (χ2v) is 11.2. The van der Waals surface area contributed by atoms with Crippen molar-refractivity contribution >= 4 is 28.9 Å². The van der Waals surface area contributed by atoms with Crippen LogP contribution in [0, 0.1) is 23.7 Å². The maximum Gasteiger partial charge on any atom is 0.337 e. The fourth-order valence-electron chi connectivity index (χ4n) is 7.77. The molecule has 0 aromatic heterocycles. The first-order valence-corrected chi connectivity index (χ1v) is 13.7. The van der Waals surface area contributed by atoms with E-state index >= 15 is 0 Å². The summed E-state index contributed by atoms with van der Waals surface area (Å²) in [5, 5.41) is 0. The molecule has 5 heteroatoms. The Morgan fingerprint density at radius 2 is 1.32 bits per heavy atom. The highest BCUT2D eigenvalue weighted by Gasteiger charge is 2.47. The number of anilines is 2. The van der Waals surface area contributed by atoms with Crippen LogP contribution in [0.1, 0.15) is 53.6 Å². The zero-order chi connectivity index (χ0) is 25.8. The minimum absolute atomic E-state index is 0.0897. The van der Waals surface area contributed by atoms with Crippen molar-refractivity contribution in [3.63, 3.8) is 0 Å². The molecule has 0 atom stereocenters. The van der Waals surface area contributed by atoms with Crippen LogP contribution in [0.2, 0.25) is 0 Å². The van der Waals surface area contributed by atoms with Crippen LogP contribution in [0.15, 0.2) is 78.4 Å². The van der Waals surface area contributed by atoms with Crippen LogP contribution in [0.3, 0.4) is 0 Å². The lowest BCUT2D eigenvalue weighted by Gasteiger charge is -2.53. The molecule has 192 valence electrons. The van der Waals surface area contributed by atoms with E-state index in [1.165, 1.54) is 55.9 Å². The van der Waals surface area contributed by atoms with E-state index in [0.29, 0.717) is 23.1 Å². The fourth-order valence-corrected chi connectivity index (χ4v) is 7.77. The second kappa shape index (κ2) is 9.16. The molecule has 5 aliphatic rings. The number of benzene rings is 3. The molecule has 3 aromatic rings. The number of carbonyl (C=O) groups excluding carboxylic acids is 2. The van der Waals surface area contributed by atoms with Gasteiger partial charge in [0.05, 0.1) is 12.7 Å². The van der Waals surface area contributed by atoms with Gasteiger partial charge in [0.25, 0.3) is 0 Å². The third-order valence-electron chi connectivity index (χ3n) is 9.03. The van der Waals surface area contributed by atoms with Crippen molar-refractivity contribution in [3.8, 4) is 5.75 Å². The first kappa shape index (κ1) is 23.3. The maximum atomic E-state index is 13.2. The highest BCUT2D eigenvalue weighted by atomic mass is 16.5. The zero-order valence-corrected chi connectivity index (χ0v) is 21.6. The molecule has 8 rings (SSSR count). The number of hydrogen-bond acceptors (Lipinski definition) is 5. The number of rotatable bonds is 4. The number of hydrogen-bond donors (Lipinski definition) is 0. The Balaban J connectivity index is 1.24. The maximum absolute atomic E-state index is 13.2. The Bertz CT molecular complexity index is 1370. The Morgan fingerprint density at radius 3 is 1.87 bits per heavy atom. The SMILES string of the molecule is COC(=O)c1ccc(OC(=O)CN2c3ccccc3C(=C3C4CC5CC(C4)CC3C5)c3ccccc32)cc1. The third-order valence-corrected chi connectivity index (χ3v) is 9.03. The van der Waals surface area contributed by atoms with Crippen molar-refractivity contribution in [3.05, 3.63) is 95.1 Å². The van der Waals surface area contributed by atoms with Gasteiger partial charge in [0, 0.05) is 22.5 Å². The van der Waals surface area contributed by atoms with E-state index in [1.54, 1.807) is 29.8 Å². The van der Waals surface area contributed by atoms with E-state index in [9.17, 15) is 9.59 Å². The van der Waals surface area contributed by atoms with E-state index in [-0.39, 0.29) is 12.5 Å². The molecule has 0 saturated heterocycles. The van der Waals surface area contributed by atoms with Crippen LogP contribution >= 0.6 is 0 Å². The average Bonchev–Trinajstić information content (AvgIpc) is 2.93. The van der Waals surface area contributed by atoms with Gasteiger partial charge in [0.2, 0.25) is 0 Å². The summed E-state index contributed by atoms with van der Waals surface area (Å²) in [6, 6.07) is 23.5. The summed E-state index contributed by atoms with van der Waals surface area (Å²) in [4.78, 5) is 27.0. The van der Waals surface area contributed by atoms with Crippen molar-refractivity contribution in [2.45, 2.75) is 32.1 Å². The molecule has 4 fully saturated rings. The molecule has 5 nitrogen and oxygen atoms in total. The van der Waals surface area contributed by atoms with Crippen LogP contribution < -0.4 is 9.64 Å². The Kier molecular flexibility index (Phi) is 5.61. The van der Waals surface area contributed by atoms with Crippen molar-refractivity contribution < 1.29 is 19.1 Å². The van der Waals surface area contributed by atoms with Crippen molar-refractivity contribution in [1.29, 1.82) is 0 Å². The smallest absolute Gasteiger partial charge is 0.337 e. The van der Waals surface area contributed by atoms with Gasteiger partial charge in [-0.2, -0.15) is 0 Å². The number of para-hydroxylation sites is 2. The molecule has 38 heavy (non-hydrogen) atoms. The minimum Gasteiger partial charge on any atom is -0.465 e. The van der Waals surface area contributed by atoms with Crippen LogP contribution in [-0.2, 0) is 9.53 Å².